The molecule has 1 atom stereocenters. The van der Waals surface area contributed by atoms with Crippen molar-refractivity contribution in [3.63, 3.8) is 0 Å². The van der Waals surface area contributed by atoms with Gasteiger partial charge in [0, 0.05) is 11.6 Å². The highest BCUT2D eigenvalue weighted by Crippen LogP contribution is 2.28. The van der Waals surface area contributed by atoms with Crippen LogP contribution in [0.1, 0.15) is 33.1 Å². The molecule has 4 heteroatoms. The van der Waals surface area contributed by atoms with Crippen LogP contribution in [0, 0.1) is 0 Å². The van der Waals surface area contributed by atoms with Gasteiger partial charge in [0.05, 0.1) is 4.47 Å². The third kappa shape index (κ3) is 6.07. The molecular formula is C14H21BrClNO. The zero-order chi connectivity index (χ0) is 13.4. The molecule has 0 radical (unpaired) electrons. The Morgan fingerprint density at radius 1 is 1.39 bits per heavy atom. The van der Waals surface area contributed by atoms with Crippen LogP contribution in [-0.2, 0) is 0 Å². The number of rotatable bonds is 8. The minimum absolute atomic E-state index is 0.143. The molecular weight excluding hydrogens is 314 g/mol. The van der Waals surface area contributed by atoms with E-state index in [0.717, 1.165) is 23.3 Å². The fourth-order valence-electron chi connectivity index (χ4n) is 1.63. The van der Waals surface area contributed by atoms with E-state index in [2.05, 4.69) is 35.1 Å². The average molecular weight is 335 g/mol. The van der Waals surface area contributed by atoms with E-state index in [0.29, 0.717) is 5.02 Å². The van der Waals surface area contributed by atoms with Crippen molar-refractivity contribution >= 4 is 27.5 Å². The Hall–Kier alpha value is -0.250. The first-order chi connectivity index (χ1) is 8.63. The lowest BCUT2D eigenvalue weighted by molar-refractivity contribution is 0.216. The fourth-order valence-corrected chi connectivity index (χ4v) is 2.41. The first-order valence-electron chi connectivity index (χ1n) is 6.46. The highest BCUT2D eigenvalue weighted by molar-refractivity contribution is 9.10. The van der Waals surface area contributed by atoms with E-state index in [1.165, 1.54) is 19.3 Å². The molecule has 1 N–H and O–H groups in total. The molecule has 0 saturated carbocycles. The van der Waals surface area contributed by atoms with E-state index in [1.54, 1.807) is 0 Å². The van der Waals surface area contributed by atoms with Crippen LogP contribution in [0.5, 0.6) is 5.75 Å². The summed E-state index contributed by atoms with van der Waals surface area (Å²) in [5, 5.41) is 4.11. The SMILES string of the molecule is CCCCCNCC(C)Oc1ccc(Cl)cc1Br. The molecule has 0 amide bonds. The van der Waals surface area contributed by atoms with Crippen LogP contribution < -0.4 is 10.1 Å². The van der Waals surface area contributed by atoms with Crippen molar-refractivity contribution in [2.45, 2.75) is 39.2 Å². The predicted octanol–water partition coefficient (Wildman–Crippen LogP) is 4.65. The summed E-state index contributed by atoms with van der Waals surface area (Å²) in [6, 6.07) is 5.57. The maximum Gasteiger partial charge on any atom is 0.134 e. The van der Waals surface area contributed by atoms with Crippen molar-refractivity contribution < 1.29 is 4.74 Å². The molecule has 0 aromatic heterocycles. The van der Waals surface area contributed by atoms with Crippen molar-refractivity contribution in [3.8, 4) is 5.75 Å². The van der Waals surface area contributed by atoms with Gasteiger partial charge in [-0.1, -0.05) is 31.4 Å². The van der Waals surface area contributed by atoms with Gasteiger partial charge in [-0.25, -0.2) is 0 Å². The van der Waals surface area contributed by atoms with Gasteiger partial charge in [-0.2, -0.15) is 0 Å². The van der Waals surface area contributed by atoms with Crippen LogP contribution in [0.2, 0.25) is 5.02 Å². The van der Waals surface area contributed by atoms with Crippen molar-refractivity contribution in [1.82, 2.24) is 5.32 Å². The monoisotopic (exact) mass is 333 g/mol. The maximum absolute atomic E-state index is 5.89. The van der Waals surface area contributed by atoms with Gasteiger partial charge in [0.1, 0.15) is 11.9 Å². The van der Waals surface area contributed by atoms with Gasteiger partial charge >= 0.3 is 0 Å². The molecule has 0 aliphatic heterocycles. The van der Waals surface area contributed by atoms with E-state index in [9.17, 15) is 0 Å². The molecule has 0 aliphatic carbocycles. The average Bonchev–Trinajstić information content (AvgIpc) is 2.32. The number of halogens is 2. The highest BCUT2D eigenvalue weighted by atomic mass is 79.9. The molecule has 0 fully saturated rings. The summed E-state index contributed by atoms with van der Waals surface area (Å²) in [4.78, 5) is 0. The van der Waals surface area contributed by atoms with E-state index in [-0.39, 0.29) is 6.10 Å². The summed E-state index contributed by atoms with van der Waals surface area (Å²) in [6.07, 6.45) is 3.91. The molecule has 0 bridgehead atoms. The Morgan fingerprint density at radius 3 is 2.83 bits per heavy atom. The largest absolute Gasteiger partial charge is 0.488 e. The molecule has 1 aromatic rings. The predicted molar refractivity (Wildman–Crippen MR) is 81.6 cm³/mol. The molecule has 1 rings (SSSR count). The Bertz CT molecular complexity index is 360. The second kappa shape index (κ2) is 8.78. The molecule has 0 aliphatic rings. The number of benzene rings is 1. The van der Waals surface area contributed by atoms with Gasteiger partial charge in [-0.3, -0.25) is 0 Å². The van der Waals surface area contributed by atoms with Crippen LogP contribution in [0.4, 0.5) is 0 Å². The smallest absolute Gasteiger partial charge is 0.134 e. The van der Waals surface area contributed by atoms with Crippen molar-refractivity contribution in [2.24, 2.45) is 0 Å². The van der Waals surface area contributed by atoms with Gasteiger partial charge < -0.3 is 10.1 Å². The van der Waals surface area contributed by atoms with Crippen LogP contribution in [-0.4, -0.2) is 19.2 Å². The summed E-state index contributed by atoms with van der Waals surface area (Å²) in [7, 11) is 0. The third-order valence-corrected chi connectivity index (χ3v) is 3.47. The topological polar surface area (TPSA) is 21.3 Å². The summed E-state index contributed by atoms with van der Waals surface area (Å²) in [6.45, 7) is 6.19. The fraction of sp³-hybridized carbons (Fsp3) is 0.571. The van der Waals surface area contributed by atoms with Crippen LogP contribution in [0.25, 0.3) is 0 Å². The zero-order valence-corrected chi connectivity index (χ0v) is 13.4. The lowest BCUT2D eigenvalue weighted by Gasteiger charge is -2.16. The highest BCUT2D eigenvalue weighted by Gasteiger charge is 2.07. The number of unbranched alkanes of at least 4 members (excludes halogenated alkanes) is 2. The van der Waals surface area contributed by atoms with Gasteiger partial charge in [0.2, 0.25) is 0 Å². The van der Waals surface area contributed by atoms with E-state index >= 15 is 0 Å². The van der Waals surface area contributed by atoms with E-state index in [1.807, 2.05) is 18.2 Å². The minimum atomic E-state index is 0.143. The van der Waals surface area contributed by atoms with Crippen molar-refractivity contribution in [2.75, 3.05) is 13.1 Å². The summed E-state index contributed by atoms with van der Waals surface area (Å²) in [5.74, 6) is 0.835. The van der Waals surface area contributed by atoms with E-state index in [4.69, 9.17) is 16.3 Å². The summed E-state index contributed by atoms with van der Waals surface area (Å²) < 4.78 is 6.73. The molecule has 0 spiro atoms. The lowest BCUT2D eigenvalue weighted by atomic mass is 10.2. The molecule has 1 aromatic carbocycles. The Balaban J connectivity index is 2.28. The number of hydrogen-bond donors (Lipinski definition) is 1. The normalized spacial score (nSPS) is 12.4. The Kier molecular flexibility index (Phi) is 7.71. The zero-order valence-electron chi connectivity index (χ0n) is 11.0. The lowest BCUT2D eigenvalue weighted by Crippen LogP contribution is -2.29. The number of hydrogen-bond acceptors (Lipinski definition) is 2. The van der Waals surface area contributed by atoms with Crippen molar-refractivity contribution in [3.05, 3.63) is 27.7 Å². The summed E-state index contributed by atoms with van der Waals surface area (Å²) in [5.41, 5.74) is 0. The van der Waals surface area contributed by atoms with Crippen LogP contribution in [0.3, 0.4) is 0 Å². The standard InChI is InChI=1S/C14H21BrClNO/c1-3-4-5-8-17-10-11(2)18-14-7-6-12(16)9-13(14)15/h6-7,9,11,17H,3-5,8,10H2,1-2H3. The second-order valence-electron chi connectivity index (χ2n) is 4.41. The molecule has 1 unspecified atom stereocenters. The molecule has 0 heterocycles. The Morgan fingerprint density at radius 2 is 2.17 bits per heavy atom. The second-order valence-corrected chi connectivity index (χ2v) is 5.71. The first-order valence-corrected chi connectivity index (χ1v) is 7.63. The van der Waals surface area contributed by atoms with Crippen LogP contribution in [0.15, 0.2) is 22.7 Å². The van der Waals surface area contributed by atoms with Crippen molar-refractivity contribution in [1.29, 1.82) is 0 Å². The Labute approximate surface area is 123 Å². The molecule has 18 heavy (non-hydrogen) atoms. The number of ether oxygens (including phenoxy) is 1. The van der Waals surface area contributed by atoms with Gasteiger partial charge in [0.15, 0.2) is 0 Å². The minimum Gasteiger partial charge on any atom is -0.488 e. The molecule has 2 nitrogen and oxygen atoms in total. The maximum atomic E-state index is 5.89. The quantitative estimate of drug-likeness (QED) is 0.699. The van der Waals surface area contributed by atoms with Gasteiger partial charge in [-0.15, -0.1) is 0 Å². The van der Waals surface area contributed by atoms with Gasteiger partial charge in [-0.05, 0) is 54.0 Å². The molecule has 0 saturated heterocycles. The summed E-state index contributed by atoms with van der Waals surface area (Å²) >= 11 is 9.34. The first kappa shape index (κ1) is 15.8. The number of nitrogens with one attached hydrogen (secondary N) is 1. The van der Waals surface area contributed by atoms with Crippen LogP contribution >= 0.6 is 27.5 Å². The molecule has 102 valence electrons. The van der Waals surface area contributed by atoms with Gasteiger partial charge in [0.25, 0.3) is 0 Å². The third-order valence-electron chi connectivity index (χ3n) is 2.61. The van der Waals surface area contributed by atoms with E-state index < -0.39 is 0 Å².